The molecule has 0 amide bonds. The highest BCUT2D eigenvalue weighted by Crippen LogP contribution is 2.37. The molecule has 176 valence electrons. The maximum atomic E-state index is 9.13. The van der Waals surface area contributed by atoms with Crippen molar-refractivity contribution in [3.63, 3.8) is 0 Å². The van der Waals surface area contributed by atoms with E-state index in [0.717, 1.165) is 54.5 Å². The van der Waals surface area contributed by atoms with Crippen molar-refractivity contribution in [2.24, 2.45) is 5.41 Å². The molecule has 4 heterocycles. The Morgan fingerprint density at radius 1 is 1.09 bits per heavy atom. The number of hydrogen-bond donors (Lipinski definition) is 0. The average molecular weight is 464 g/mol. The van der Waals surface area contributed by atoms with Gasteiger partial charge in [-0.3, -0.25) is 4.57 Å². The molecule has 0 aliphatic carbocycles. The van der Waals surface area contributed by atoms with Gasteiger partial charge in [0.25, 0.3) is 0 Å². The minimum atomic E-state index is 0.307. The van der Waals surface area contributed by atoms with E-state index in [1.165, 1.54) is 17.7 Å². The predicted octanol–water partition coefficient (Wildman–Crippen LogP) is 4.41. The molecule has 2 aromatic heterocycles. The van der Waals surface area contributed by atoms with Crippen molar-refractivity contribution in [1.82, 2.24) is 24.2 Å². The van der Waals surface area contributed by atoms with E-state index in [0.29, 0.717) is 11.0 Å². The Hall–Kier alpha value is -3.89. The number of nitriles is 1. The predicted molar refractivity (Wildman–Crippen MR) is 138 cm³/mol. The van der Waals surface area contributed by atoms with E-state index in [4.69, 9.17) is 5.26 Å². The largest absolute Gasteiger partial charge is 0.371 e. The van der Waals surface area contributed by atoms with Gasteiger partial charge in [0.05, 0.1) is 23.0 Å². The molecule has 0 saturated carbocycles. The Bertz CT molecular complexity index is 1440. The standard InChI is InChI=1S/C28H29N7/c1-28(17-32(2)3)10-11-33(18-28)24-8-9-25-23(12-24)16-34-15-22(21-6-4-20(14-29)5-7-21)13-26(34)27-31-30-19-35(25)27/h4-9,12-13,15,19H,10-11,16-18H2,1-3H3. The summed E-state index contributed by atoms with van der Waals surface area (Å²) in [6.45, 7) is 6.42. The lowest BCUT2D eigenvalue weighted by Gasteiger charge is -2.29. The normalized spacial score (nSPS) is 18.7. The number of fused-ring (bicyclic) bond motifs is 5. The van der Waals surface area contributed by atoms with Crippen LogP contribution < -0.4 is 4.90 Å². The highest BCUT2D eigenvalue weighted by Gasteiger charge is 2.34. The van der Waals surface area contributed by atoms with E-state index in [9.17, 15) is 0 Å². The summed E-state index contributed by atoms with van der Waals surface area (Å²) >= 11 is 0. The molecule has 0 bridgehead atoms. The fraction of sp³-hybridized carbons (Fsp3) is 0.321. The Morgan fingerprint density at radius 2 is 1.91 bits per heavy atom. The molecule has 1 atom stereocenters. The van der Waals surface area contributed by atoms with Crippen LogP contribution in [0.3, 0.4) is 0 Å². The molecule has 0 N–H and O–H groups in total. The van der Waals surface area contributed by atoms with Crippen molar-refractivity contribution < 1.29 is 0 Å². The van der Waals surface area contributed by atoms with Crippen molar-refractivity contribution in [2.45, 2.75) is 19.9 Å². The molecule has 1 unspecified atom stereocenters. The molecule has 4 aromatic rings. The zero-order chi connectivity index (χ0) is 24.2. The van der Waals surface area contributed by atoms with Crippen LogP contribution in [0, 0.1) is 16.7 Å². The fourth-order valence-electron chi connectivity index (χ4n) is 5.76. The third-order valence-electron chi connectivity index (χ3n) is 7.31. The first-order valence-electron chi connectivity index (χ1n) is 12.1. The second kappa shape index (κ2) is 8.10. The van der Waals surface area contributed by atoms with Gasteiger partial charge < -0.3 is 14.4 Å². The van der Waals surface area contributed by atoms with E-state index in [2.05, 4.69) is 86.7 Å². The molecular formula is C28H29N7. The van der Waals surface area contributed by atoms with Crippen molar-refractivity contribution in [2.75, 3.05) is 38.6 Å². The van der Waals surface area contributed by atoms with Gasteiger partial charge in [0.1, 0.15) is 6.33 Å². The van der Waals surface area contributed by atoms with Crippen LogP contribution in [0.4, 0.5) is 5.69 Å². The summed E-state index contributed by atoms with van der Waals surface area (Å²) in [6, 6.07) is 18.9. The highest BCUT2D eigenvalue weighted by atomic mass is 15.3. The van der Waals surface area contributed by atoms with Crippen molar-refractivity contribution in [3.05, 3.63) is 72.2 Å². The number of hydrogen-bond acceptors (Lipinski definition) is 5. The lowest BCUT2D eigenvalue weighted by Crippen LogP contribution is -2.34. The maximum Gasteiger partial charge on any atom is 0.185 e. The van der Waals surface area contributed by atoms with Gasteiger partial charge >= 0.3 is 0 Å². The van der Waals surface area contributed by atoms with Crippen LogP contribution in [0.25, 0.3) is 28.3 Å². The summed E-state index contributed by atoms with van der Waals surface area (Å²) in [5.74, 6) is 0.844. The second-order valence-electron chi connectivity index (χ2n) is 10.5. The second-order valence-corrected chi connectivity index (χ2v) is 10.5. The molecule has 7 nitrogen and oxygen atoms in total. The fourth-order valence-corrected chi connectivity index (χ4v) is 5.76. The van der Waals surface area contributed by atoms with Gasteiger partial charge in [-0.05, 0) is 73.5 Å². The summed E-state index contributed by atoms with van der Waals surface area (Å²) in [5.41, 5.74) is 7.88. The van der Waals surface area contributed by atoms with Gasteiger partial charge in [-0.2, -0.15) is 5.26 Å². The molecule has 1 saturated heterocycles. The van der Waals surface area contributed by atoms with Crippen LogP contribution in [0.5, 0.6) is 0 Å². The smallest absolute Gasteiger partial charge is 0.185 e. The van der Waals surface area contributed by atoms with Crippen LogP contribution in [0.1, 0.15) is 24.5 Å². The Morgan fingerprint density at radius 3 is 2.69 bits per heavy atom. The molecule has 1 fully saturated rings. The van der Waals surface area contributed by atoms with Gasteiger partial charge in [-0.1, -0.05) is 19.1 Å². The minimum absolute atomic E-state index is 0.307. The summed E-state index contributed by atoms with van der Waals surface area (Å²) < 4.78 is 4.37. The zero-order valence-electron chi connectivity index (χ0n) is 20.4. The summed E-state index contributed by atoms with van der Waals surface area (Å²) in [6.07, 6.45) is 5.19. The number of benzene rings is 2. The van der Waals surface area contributed by atoms with Crippen LogP contribution in [-0.4, -0.2) is 58.0 Å². The van der Waals surface area contributed by atoms with E-state index >= 15 is 0 Å². The molecule has 2 aromatic carbocycles. The minimum Gasteiger partial charge on any atom is -0.371 e. The first kappa shape index (κ1) is 21.6. The number of rotatable bonds is 4. The van der Waals surface area contributed by atoms with Gasteiger partial charge in [-0.25, -0.2) is 0 Å². The number of nitrogens with zero attached hydrogens (tertiary/aromatic N) is 7. The molecule has 2 aliphatic heterocycles. The van der Waals surface area contributed by atoms with Crippen LogP contribution in [0.2, 0.25) is 0 Å². The topological polar surface area (TPSA) is 65.9 Å². The lowest BCUT2D eigenvalue weighted by molar-refractivity contribution is 0.242. The van der Waals surface area contributed by atoms with Gasteiger partial charge in [0.2, 0.25) is 0 Å². The number of aromatic nitrogens is 4. The van der Waals surface area contributed by atoms with Crippen molar-refractivity contribution in [3.8, 4) is 34.4 Å². The molecule has 6 rings (SSSR count). The molecular weight excluding hydrogens is 434 g/mol. The van der Waals surface area contributed by atoms with Crippen LogP contribution in [0.15, 0.2) is 61.1 Å². The van der Waals surface area contributed by atoms with E-state index in [-0.39, 0.29) is 0 Å². The molecule has 35 heavy (non-hydrogen) atoms. The Balaban J connectivity index is 1.37. The summed E-state index contributed by atoms with van der Waals surface area (Å²) in [7, 11) is 4.32. The average Bonchev–Trinajstić information content (AvgIpc) is 3.56. The summed E-state index contributed by atoms with van der Waals surface area (Å²) in [5, 5.41) is 17.8. The third-order valence-corrected chi connectivity index (χ3v) is 7.31. The third kappa shape index (κ3) is 3.80. The monoisotopic (exact) mass is 463 g/mol. The molecule has 0 spiro atoms. The van der Waals surface area contributed by atoms with Gasteiger partial charge in [0, 0.05) is 43.6 Å². The first-order valence-corrected chi connectivity index (χ1v) is 12.1. The van der Waals surface area contributed by atoms with E-state index in [1.54, 1.807) is 0 Å². The quantitative estimate of drug-likeness (QED) is 0.395. The molecule has 2 aliphatic rings. The molecule has 0 radical (unpaired) electrons. The zero-order valence-corrected chi connectivity index (χ0v) is 20.4. The first-order chi connectivity index (χ1) is 16.9. The van der Waals surface area contributed by atoms with Gasteiger partial charge in [-0.15, -0.1) is 10.2 Å². The van der Waals surface area contributed by atoms with Gasteiger partial charge in [0.15, 0.2) is 5.82 Å². The van der Waals surface area contributed by atoms with Crippen molar-refractivity contribution in [1.29, 1.82) is 5.26 Å². The maximum absolute atomic E-state index is 9.13. The number of anilines is 1. The summed E-state index contributed by atoms with van der Waals surface area (Å²) in [4.78, 5) is 4.83. The SMILES string of the molecule is CN(C)CC1(C)CCN(c2ccc3c(c2)Cn2cc(-c4ccc(C#N)cc4)cc2-c2nncn2-3)C1. The van der Waals surface area contributed by atoms with E-state index < -0.39 is 0 Å². The lowest BCUT2D eigenvalue weighted by atomic mass is 9.89. The molecule has 7 heteroatoms. The Kier molecular flexibility index (Phi) is 5.01. The van der Waals surface area contributed by atoms with Crippen molar-refractivity contribution >= 4 is 5.69 Å². The Labute approximate surface area is 205 Å². The van der Waals surface area contributed by atoms with Crippen LogP contribution in [-0.2, 0) is 6.54 Å². The highest BCUT2D eigenvalue weighted by molar-refractivity contribution is 5.72. The van der Waals surface area contributed by atoms with Crippen LogP contribution >= 0.6 is 0 Å². The van der Waals surface area contributed by atoms with E-state index in [1.807, 2.05) is 30.6 Å².